The van der Waals surface area contributed by atoms with Crippen molar-refractivity contribution in [1.29, 1.82) is 0 Å². The number of piperazine rings is 1. The Kier molecular flexibility index (Phi) is 6.64. The van der Waals surface area contributed by atoms with Crippen LogP contribution in [0.3, 0.4) is 0 Å². The maximum Gasteiger partial charge on any atom is 0.0594 e. The molecule has 1 aromatic rings. The Balaban J connectivity index is 1.92. The van der Waals surface area contributed by atoms with E-state index in [2.05, 4.69) is 53.2 Å². The summed E-state index contributed by atoms with van der Waals surface area (Å²) in [6.45, 7) is 9.08. The Hall–Kier alpha value is -0.460. The normalized spacial score (nSPS) is 20.8. The third kappa shape index (κ3) is 4.76. The van der Waals surface area contributed by atoms with Crippen molar-refractivity contribution in [3.05, 3.63) is 22.4 Å². The lowest BCUT2D eigenvalue weighted by atomic mass is 10.0. The fraction of sp³-hybridized carbons (Fsp3) is 0.750. The molecule has 120 valence electrons. The maximum absolute atomic E-state index is 6.42. The van der Waals surface area contributed by atoms with Gasteiger partial charge in [-0.05, 0) is 32.0 Å². The number of nitrogens with two attached hydrogens (primary N) is 1. The van der Waals surface area contributed by atoms with Gasteiger partial charge in [-0.2, -0.15) is 0 Å². The summed E-state index contributed by atoms with van der Waals surface area (Å²) in [5.41, 5.74) is 6.42. The Labute approximate surface area is 133 Å². The first-order chi connectivity index (χ1) is 10.1. The van der Waals surface area contributed by atoms with Crippen LogP contribution in [0.25, 0.3) is 0 Å². The molecular weight excluding hydrogens is 280 g/mol. The van der Waals surface area contributed by atoms with Gasteiger partial charge in [0.2, 0.25) is 0 Å². The van der Waals surface area contributed by atoms with Gasteiger partial charge >= 0.3 is 0 Å². The van der Waals surface area contributed by atoms with E-state index in [1.54, 1.807) is 0 Å². The summed E-state index contributed by atoms with van der Waals surface area (Å²) in [5.74, 6) is 0. The highest BCUT2D eigenvalue weighted by Crippen LogP contribution is 2.29. The lowest BCUT2D eigenvalue weighted by molar-refractivity contribution is 0.0814. The van der Waals surface area contributed by atoms with Crippen LogP contribution in [0.5, 0.6) is 0 Å². The second kappa shape index (κ2) is 8.25. The van der Waals surface area contributed by atoms with Crippen molar-refractivity contribution < 1.29 is 0 Å². The predicted molar refractivity (Wildman–Crippen MR) is 91.9 cm³/mol. The van der Waals surface area contributed by atoms with Gasteiger partial charge in [0.05, 0.1) is 6.04 Å². The lowest BCUT2D eigenvalue weighted by Crippen LogP contribution is -2.52. The highest BCUT2D eigenvalue weighted by atomic mass is 32.1. The van der Waals surface area contributed by atoms with Crippen molar-refractivity contribution in [1.82, 2.24) is 14.7 Å². The van der Waals surface area contributed by atoms with Crippen molar-refractivity contribution in [3.63, 3.8) is 0 Å². The van der Waals surface area contributed by atoms with Crippen LogP contribution >= 0.6 is 11.3 Å². The maximum atomic E-state index is 6.42. The minimum atomic E-state index is 0.233. The molecule has 2 unspecified atom stereocenters. The third-order valence-corrected chi connectivity index (χ3v) is 5.32. The van der Waals surface area contributed by atoms with Crippen LogP contribution in [-0.4, -0.2) is 74.1 Å². The SMILES string of the molecule is CCC(N)C(c1cccs1)N1CCN(CCN(C)C)CC1. The quantitative estimate of drug-likeness (QED) is 0.832. The van der Waals surface area contributed by atoms with Crippen LogP contribution < -0.4 is 5.73 Å². The van der Waals surface area contributed by atoms with Crippen LogP contribution in [-0.2, 0) is 0 Å². The van der Waals surface area contributed by atoms with Gasteiger partial charge in [0.1, 0.15) is 0 Å². The van der Waals surface area contributed by atoms with Gasteiger partial charge in [-0.3, -0.25) is 9.80 Å². The molecule has 5 heteroatoms. The number of hydrogen-bond acceptors (Lipinski definition) is 5. The average Bonchev–Trinajstić information content (AvgIpc) is 3.00. The van der Waals surface area contributed by atoms with Gasteiger partial charge in [0, 0.05) is 50.2 Å². The highest BCUT2D eigenvalue weighted by Gasteiger charge is 2.29. The lowest BCUT2D eigenvalue weighted by Gasteiger charge is -2.41. The number of nitrogens with zero attached hydrogens (tertiary/aromatic N) is 3. The monoisotopic (exact) mass is 310 g/mol. The molecule has 2 N–H and O–H groups in total. The van der Waals surface area contributed by atoms with Crippen LogP contribution in [0.4, 0.5) is 0 Å². The molecule has 21 heavy (non-hydrogen) atoms. The summed E-state index contributed by atoms with van der Waals surface area (Å²) >= 11 is 1.84. The first-order valence-corrected chi connectivity index (χ1v) is 8.90. The molecule has 0 radical (unpaired) electrons. The van der Waals surface area contributed by atoms with E-state index in [1.165, 1.54) is 11.4 Å². The molecule has 0 saturated carbocycles. The third-order valence-electron chi connectivity index (χ3n) is 4.38. The molecular formula is C16H30N4S. The van der Waals surface area contributed by atoms with Gasteiger partial charge in [-0.25, -0.2) is 0 Å². The molecule has 1 fully saturated rings. The number of likely N-dealkylation sites (N-methyl/N-ethyl adjacent to an activating group) is 1. The standard InChI is InChI=1S/C16H30N4S/c1-4-14(17)16(15-6-5-13-21-15)20-11-9-19(10-12-20)8-7-18(2)3/h5-6,13-14,16H,4,7-12,17H2,1-3H3. The number of rotatable bonds is 7. The van der Waals surface area contributed by atoms with Gasteiger partial charge in [-0.1, -0.05) is 13.0 Å². The summed E-state index contributed by atoms with van der Waals surface area (Å²) in [6.07, 6.45) is 1.03. The van der Waals surface area contributed by atoms with Crippen LogP contribution in [0.2, 0.25) is 0 Å². The zero-order valence-corrected chi connectivity index (χ0v) is 14.5. The topological polar surface area (TPSA) is 35.7 Å². The summed E-state index contributed by atoms with van der Waals surface area (Å²) < 4.78 is 0. The van der Waals surface area contributed by atoms with Crippen LogP contribution in [0.1, 0.15) is 24.3 Å². The van der Waals surface area contributed by atoms with Gasteiger partial charge in [0.15, 0.2) is 0 Å². The molecule has 1 aliphatic rings. The van der Waals surface area contributed by atoms with E-state index in [9.17, 15) is 0 Å². The molecule has 4 nitrogen and oxygen atoms in total. The Morgan fingerprint density at radius 2 is 2.00 bits per heavy atom. The van der Waals surface area contributed by atoms with E-state index in [-0.39, 0.29) is 6.04 Å². The smallest absolute Gasteiger partial charge is 0.0594 e. The molecule has 1 saturated heterocycles. The first-order valence-electron chi connectivity index (χ1n) is 8.02. The fourth-order valence-electron chi connectivity index (χ4n) is 2.95. The zero-order valence-electron chi connectivity index (χ0n) is 13.7. The molecule has 1 aliphatic heterocycles. The van der Waals surface area contributed by atoms with Gasteiger partial charge in [0.25, 0.3) is 0 Å². The van der Waals surface area contributed by atoms with Crippen molar-refractivity contribution >= 4 is 11.3 Å². The summed E-state index contributed by atoms with van der Waals surface area (Å²) in [5, 5.41) is 2.16. The highest BCUT2D eigenvalue weighted by molar-refractivity contribution is 7.10. The van der Waals surface area contributed by atoms with E-state index in [4.69, 9.17) is 5.73 Å². The Morgan fingerprint density at radius 3 is 2.52 bits per heavy atom. The van der Waals surface area contributed by atoms with Gasteiger partial charge in [-0.15, -0.1) is 11.3 Å². The fourth-order valence-corrected chi connectivity index (χ4v) is 3.89. The first kappa shape index (κ1) is 16.9. The molecule has 1 aromatic heterocycles. The molecule has 0 spiro atoms. The Bertz CT molecular complexity index is 385. The van der Waals surface area contributed by atoms with Crippen molar-refractivity contribution in [3.8, 4) is 0 Å². The zero-order chi connectivity index (χ0) is 15.2. The second-order valence-corrected chi connectivity index (χ2v) is 7.19. The van der Waals surface area contributed by atoms with Crippen LogP contribution in [0, 0.1) is 0 Å². The van der Waals surface area contributed by atoms with E-state index >= 15 is 0 Å². The van der Waals surface area contributed by atoms with Crippen molar-refractivity contribution in [2.24, 2.45) is 5.73 Å². The van der Waals surface area contributed by atoms with Crippen molar-refractivity contribution in [2.75, 3.05) is 53.4 Å². The largest absolute Gasteiger partial charge is 0.326 e. The van der Waals surface area contributed by atoms with Crippen molar-refractivity contribution in [2.45, 2.75) is 25.4 Å². The van der Waals surface area contributed by atoms with E-state index in [0.717, 1.165) is 39.1 Å². The van der Waals surface area contributed by atoms with E-state index in [0.29, 0.717) is 6.04 Å². The Morgan fingerprint density at radius 1 is 1.29 bits per heavy atom. The molecule has 0 aromatic carbocycles. The van der Waals surface area contributed by atoms with E-state index in [1.807, 2.05) is 11.3 Å². The molecule has 0 bridgehead atoms. The van der Waals surface area contributed by atoms with Gasteiger partial charge < -0.3 is 10.6 Å². The average molecular weight is 311 g/mol. The minimum Gasteiger partial charge on any atom is -0.326 e. The molecule has 2 rings (SSSR count). The number of thiophene rings is 1. The predicted octanol–water partition coefficient (Wildman–Crippen LogP) is 1.71. The summed E-state index contributed by atoms with van der Waals surface area (Å²) in [4.78, 5) is 8.84. The molecule has 2 heterocycles. The minimum absolute atomic E-state index is 0.233. The van der Waals surface area contributed by atoms with E-state index < -0.39 is 0 Å². The molecule has 2 atom stereocenters. The van der Waals surface area contributed by atoms with Crippen LogP contribution in [0.15, 0.2) is 17.5 Å². The molecule has 0 aliphatic carbocycles. The summed E-state index contributed by atoms with van der Waals surface area (Å²) in [7, 11) is 4.28. The number of hydrogen-bond donors (Lipinski definition) is 1. The second-order valence-electron chi connectivity index (χ2n) is 6.21. The molecule has 0 amide bonds. The summed E-state index contributed by atoms with van der Waals surface area (Å²) in [6, 6.07) is 5.01.